The number of unbranched alkanes of at least 4 members (excludes halogenated alkanes) is 7. The van der Waals surface area contributed by atoms with Crippen molar-refractivity contribution in [3.05, 3.63) is 72.3 Å². The zero-order valence-corrected chi connectivity index (χ0v) is 22.4. The second-order valence-corrected chi connectivity index (χ2v) is 9.07. The monoisotopic (exact) mass is 523 g/mol. The Balaban J connectivity index is 1.40. The summed E-state index contributed by atoms with van der Waals surface area (Å²) >= 11 is 0. The van der Waals surface area contributed by atoms with Gasteiger partial charge in [-0.25, -0.2) is 9.59 Å². The first-order valence-corrected chi connectivity index (χ1v) is 13.3. The summed E-state index contributed by atoms with van der Waals surface area (Å²) in [5.74, 6) is 0.265. The van der Waals surface area contributed by atoms with Crippen molar-refractivity contribution in [3.8, 4) is 11.5 Å². The van der Waals surface area contributed by atoms with Crippen LogP contribution in [0.2, 0.25) is 0 Å². The zero-order chi connectivity index (χ0) is 27.4. The van der Waals surface area contributed by atoms with Gasteiger partial charge in [-0.15, -0.1) is 0 Å². The standard InChI is InChI=1S/C31H39O7/c1-25(2)30(33)37-24-14-8-11-17-29(32)36-23-13-6-4-3-5-12-22-35-27-20-18-26(19-21-27)31(34)38-28-15-9-7-10-16-28/h9-10,15-16,18-21H,1,3-6,8,11-14,17,22-24H2,2H3. The molecule has 0 atom stereocenters. The van der Waals surface area contributed by atoms with Crippen molar-refractivity contribution in [2.24, 2.45) is 0 Å². The smallest absolute Gasteiger partial charge is 0.343 e. The van der Waals surface area contributed by atoms with Gasteiger partial charge in [-0.05, 0) is 81.5 Å². The Bertz CT molecular complexity index is 983. The number of benzene rings is 2. The number of carbonyl (C=O) groups excluding carboxylic acids is 3. The topological polar surface area (TPSA) is 88.1 Å². The van der Waals surface area contributed by atoms with Crippen LogP contribution in [-0.2, 0) is 19.1 Å². The van der Waals surface area contributed by atoms with E-state index >= 15 is 0 Å². The number of esters is 3. The summed E-state index contributed by atoms with van der Waals surface area (Å²) in [6, 6.07) is 16.6. The van der Waals surface area contributed by atoms with Crippen molar-refractivity contribution in [3.63, 3.8) is 0 Å². The number of hydrogen-bond donors (Lipinski definition) is 0. The van der Waals surface area contributed by atoms with Crippen LogP contribution in [0.4, 0.5) is 0 Å². The van der Waals surface area contributed by atoms with Crippen LogP contribution < -0.4 is 9.47 Å². The van der Waals surface area contributed by atoms with Gasteiger partial charge in [0.1, 0.15) is 11.5 Å². The molecule has 2 aromatic rings. The number of rotatable bonds is 19. The first-order valence-electron chi connectivity index (χ1n) is 13.3. The Hall–Kier alpha value is -3.61. The van der Waals surface area contributed by atoms with Crippen LogP contribution in [0, 0.1) is 6.07 Å². The lowest BCUT2D eigenvalue weighted by Crippen LogP contribution is -2.08. The Kier molecular flexibility index (Phi) is 15.0. The van der Waals surface area contributed by atoms with E-state index in [0.717, 1.165) is 63.5 Å². The second kappa shape index (κ2) is 18.6. The van der Waals surface area contributed by atoms with E-state index in [1.807, 2.05) is 0 Å². The molecular weight excluding hydrogens is 484 g/mol. The van der Waals surface area contributed by atoms with Gasteiger partial charge >= 0.3 is 17.9 Å². The summed E-state index contributed by atoms with van der Waals surface area (Å²) in [4.78, 5) is 35.2. The van der Waals surface area contributed by atoms with E-state index in [0.29, 0.717) is 43.1 Å². The summed E-state index contributed by atoms with van der Waals surface area (Å²) in [7, 11) is 0. The lowest BCUT2D eigenvalue weighted by atomic mass is 10.1. The van der Waals surface area contributed by atoms with Crippen molar-refractivity contribution in [1.82, 2.24) is 0 Å². The molecule has 0 aliphatic carbocycles. The Morgan fingerprint density at radius 1 is 0.711 bits per heavy atom. The van der Waals surface area contributed by atoms with Crippen molar-refractivity contribution in [2.75, 3.05) is 19.8 Å². The first-order chi connectivity index (χ1) is 18.5. The van der Waals surface area contributed by atoms with Crippen LogP contribution >= 0.6 is 0 Å². The van der Waals surface area contributed by atoms with Crippen LogP contribution in [0.1, 0.15) is 81.5 Å². The summed E-state index contributed by atoms with van der Waals surface area (Å²) in [6.07, 6.45) is 8.80. The Morgan fingerprint density at radius 2 is 1.29 bits per heavy atom. The Labute approximate surface area is 226 Å². The van der Waals surface area contributed by atoms with Gasteiger partial charge in [0.2, 0.25) is 0 Å². The SMILES string of the molecule is C=C(C)C(=O)OCCCCCC(=O)OCCCCCCCCOc1ccc(C(=O)Oc2cc[c]cc2)cc1. The van der Waals surface area contributed by atoms with E-state index in [4.69, 9.17) is 18.9 Å². The molecule has 0 aromatic heterocycles. The summed E-state index contributed by atoms with van der Waals surface area (Å²) < 4.78 is 21.4. The van der Waals surface area contributed by atoms with Gasteiger partial charge < -0.3 is 18.9 Å². The molecule has 0 unspecified atom stereocenters. The molecule has 0 spiro atoms. The Morgan fingerprint density at radius 3 is 1.95 bits per heavy atom. The maximum Gasteiger partial charge on any atom is 0.343 e. The van der Waals surface area contributed by atoms with Crippen LogP contribution in [0.15, 0.2) is 60.7 Å². The molecular formula is C31H39O7. The molecule has 0 amide bonds. The minimum absolute atomic E-state index is 0.166. The lowest BCUT2D eigenvalue weighted by Gasteiger charge is -2.08. The first kappa shape index (κ1) is 30.6. The van der Waals surface area contributed by atoms with Crippen molar-refractivity contribution < 1.29 is 33.3 Å². The molecule has 7 nitrogen and oxygen atoms in total. The minimum Gasteiger partial charge on any atom is -0.494 e. The van der Waals surface area contributed by atoms with E-state index in [9.17, 15) is 14.4 Å². The third-order valence-corrected chi connectivity index (χ3v) is 5.67. The molecule has 7 heteroatoms. The van der Waals surface area contributed by atoms with Gasteiger partial charge in [0.25, 0.3) is 0 Å². The quantitative estimate of drug-likeness (QED) is 0.0882. The fraction of sp³-hybridized carbons (Fsp3) is 0.452. The van der Waals surface area contributed by atoms with Crippen LogP contribution in [-0.4, -0.2) is 37.7 Å². The highest BCUT2D eigenvalue weighted by Gasteiger charge is 2.09. The molecule has 205 valence electrons. The minimum atomic E-state index is -0.409. The fourth-order valence-corrected chi connectivity index (χ4v) is 3.49. The van der Waals surface area contributed by atoms with E-state index in [1.54, 1.807) is 55.5 Å². The van der Waals surface area contributed by atoms with E-state index in [-0.39, 0.29) is 11.9 Å². The zero-order valence-electron chi connectivity index (χ0n) is 22.4. The highest BCUT2D eigenvalue weighted by molar-refractivity contribution is 5.91. The molecule has 0 aliphatic rings. The van der Waals surface area contributed by atoms with Gasteiger partial charge in [0.15, 0.2) is 0 Å². The number of carbonyl (C=O) groups is 3. The lowest BCUT2D eigenvalue weighted by molar-refractivity contribution is -0.144. The molecule has 2 aromatic carbocycles. The molecule has 1 radical (unpaired) electrons. The van der Waals surface area contributed by atoms with E-state index < -0.39 is 5.97 Å². The van der Waals surface area contributed by atoms with Crippen LogP contribution in [0.5, 0.6) is 11.5 Å². The van der Waals surface area contributed by atoms with Gasteiger partial charge in [0.05, 0.1) is 25.4 Å². The second-order valence-electron chi connectivity index (χ2n) is 9.07. The average Bonchev–Trinajstić information content (AvgIpc) is 2.92. The van der Waals surface area contributed by atoms with E-state index in [2.05, 4.69) is 12.6 Å². The molecule has 0 fully saturated rings. The predicted octanol–water partition coefficient (Wildman–Crippen LogP) is 6.65. The fourth-order valence-electron chi connectivity index (χ4n) is 3.49. The van der Waals surface area contributed by atoms with Crippen molar-refractivity contribution in [1.29, 1.82) is 0 Å². The van der Waals surface area contributed by atoms with Gasteiger partial charge in [-0.2, -0.15) is 0 Å². The highest BCUT2D eigenvalue weighted by Crippen LogP contribution is 2.16. The van der Waals surface area contributed by atoms with Gasteiger partial charge in [0, 0.05) is 12.0 Å². The van der Waals surface area contributed by atoms with Crippen LogP contribution in [0.25, 0.3) is 0 Å². The molecule has 0 aliphatic heterocycles. The third kappa shape index (κ3) is 13.6. The average molecular weight is 524 g/mol. The molecule has 0 N–H and O–H groups in total. The summed E-state index contributed by atoms with van der Waals surface area (Å²) in [5.41, 5.74) is 0.862. The van der Waals surface area contributed by atoms with Gasteiger partial charge in [-0.1, -0.05) is 44.4 Å². The van der Waals surface area contributed by atoms with Crippen molar-refractivity contribution >= 4 is 17.9 Å². The third-order valence-electron chi connectivity index (χ3n) is 5.67. The highest BCUT2D eigenvalue weighted by atomic mass is 16.5. The van der Waals surface area contributed by atoms with Crippen molar-refractivity contribution in [2.45, 2.75) is 71.1 Å². The number of ether oxygens (including phenoxy) is 4. The molecule has 38 heavy (non-hydrogen) atoms. The number of hydrogen-bond acceptors (Lipinski definition) is 7. The largest absolute Gasteiger partial charge is 0.494 e. The predicted molar refractivity (Wildman–Crippen MR) is 145 cm³/mol. The summed E-state index contributed by atoms with van der Waals surface area (Å²) in [5, 5.41) is 0. The maximum atomic E-state index is 12.2. The van der Waals surface area contributed by atoms with E-state index in [1.165, 1.54) is 0 Å². The van der Waals surface area contributed by atoms with Gasteiger partial charge in [-0.3, -0.25) is 4.79 Å². The maximum absolute atomic E-state index is 12.2. The van der Waals surface area contributed by atoms with Crippen LogP contribution in [0.3, 0.4) is 0 Å². The normalized spacial score (nSPS) is 10.4. The molecule has 0 saturated heterocycles. The molecule has 0 heterocycles. The molecule has 0 bridgehead atoms. The molecule has 2 rings (SSSR count). The summed E-state index contributed by atoms with van der Waals surface area (Å²) in [6.45, 7) is 6.59. The molecule has 0 saturated carbocycles.